The molecular formula is C29H37N5O2S. The van der Waals surface area contributed by atoms with Gasteiger partial charge in [-0.2, -0.15) is 5.26 Å². The zero-order valence-electron chi connectivity index (χ0n) is 22.6. The monoisotopic (exact) mass is 519 g/mol. The van der Waals surface area contributed by atoms with Gasteiger partial charge in [0.2, 0.25) is 5.69 Å². The highest BCUT2D eigenvalue weighted by atomic mass is 32.2. The molecule has 0 aliphatic carbocycles. The summed E-state index contributed by atoms with van der Waals surface area (Å²) >= 11 is 1.54. The highest BCUT2D eigenvalue weighted by molar-refractivity contribution is 7.98. The van der Waals surface area contributed by atoms with Gasteiger partial charge in [0.25, 0.3) is 0 Å². The van der Waals surface area contributed by atoms with Crippen LogP contribution in [-0.2, 0) is 28.1 Å². The molecule has 7 nitrogen and oxygen atoms in total. The van der Waals surface area contributed by atoms with Gasteiger partial charge < -0.3 is 14.5 Å². The molecule has 37 heavy (non-hydrogen) atoms. The molecule has 0 spiro atoms. The maximum atomic E-state index is 12.0. The maximum absolute atomic E-state index is 12.0. The molecule has 0 radical (unpaired) electrons. The summed E-state index contributed by atoms with van der Waals surface area (Å²) in [6.07, 6.45) is 2.61. The molecule has 1 saturated heterocycles. The average Bonchev–Trinajstić information content (AvgIpc) is 3.08. The van der Waals surface area contributed by atoms with Gasteiger partial charge in [0.15, 0.2) is 0 Å². The number of pyridine rings is 1. The van der Waals surface area contributed by atoms with Crippen molar-refractivity contribution in [3.63, 3.8) is 0 Å². The number of likely N-dealkylation sites (N-methyl/N-ethyl adjacent to an activating group) is 1. The Morgan fingerprint density at radius 1 is 1.19 bits per heavy atom. The van der Waals surface area contributed by atoms with Crippen molar-refractivity contribution in [3.8, 4) is 6.07 Å². The van der Waals surface area contributed by atoms with Gasteiger partial charge in [-0.05, 0) is 70.3 Å². The lowest BCUT2D eigenvalue weighted by Crippen LogP contribution is -2.29. The zero-order valence-corrected chi connectivity index (χ0v) is 23.5. The number of nitriles is 1. The molecule has 3 rings (SSSR count). The predicted molar refractivity (Wildman–Crippen MR) is 149 cm³/mol. The quantitative estimate of drug-likeness (QED) is 0.249. The molecule has 8 heteroatoms. The van der Waals surface area contributed by atoms with Crippen LogP contribution in [0.3, 0.4) is 0 Å². The number of esters is 1. The first-order valence-corrected chi connectivity index (χ1v) is 13.8. The third-order valence-electron chi connectivity index (χ3n) is 6.25. The summed E-state index contributed by atoms with van der Waals surface area (Å²) in [5, 5.41) is 10.7. The summed E-state index contributed by atoms with van der Waals surface area (Å²) in [6, 6.07) is 10.5. The Balaban J connectivity index is 1.76. The van der Waals surface area contributed by atoms with Crippen molar-refractivity contribution >= 4 is 29.2 Å². The van der Waals surface area contributed by atoms with Gasteiger partial charge in [-0.25, -0.2) is 9.83 Å². The molecule has 1 aromatic carbocycles. The number of anilines is 1. The summed E-state index contributed by atoms with van der Waals surface area (Å²) in [5.74, 6) is 1.18. The Hall–Kier alpha value is -3.07. The standard InChI is InChI=1S/C29H37N5O2S/c1-7-23-24(19-30)28(32-27(26(23)31-5)34-16-8-15-33(6)17-18-34)37-20-22-11-9-21(10-12-22)13-14-25(35)36-29(2,3)4/h9-12H,7-8,13-18,20H2,1-4,6H3. The van der Waals surface area contributed by atoms with Crippen LogP contribution in [-0.4, -0.2) is 54.7 Å². The number of aryl methyl sites for hydroxylation is 1. The van der Waals surface area contributed by atoms with Crippen molar-refractivity contribution in [2.45, 2.75) is 69.8 Å². The lowest BCUT2D eigenvalue weighted by Gasteiger charge is -2.25. The predicted octanol–water partition coefficient (Wildman–Crippen LogP) is 5.77. The zero-order chi connectivity index (χ0) is 27.0. The molecule has 2 aromatic rings. The fraction of sp³-hybridized carbons (Fsp3) is 0.517. The minimum absolute atomic E-state index is 0.191. The SMILES string of the molecule is [C-]#[N+]c1c(N2CCCN(C)CC2)nc(SCc2ccc(CCC(=O)OC(C)(C)C)cc2)c(C#N)c1CC. The number of carbonyl (C=O) groups is 1. The summed E-state index contributed by atoms with van der Waals surface area (Å²) in [5.41, 5.74) is 3.55. The number of thioether (sulfide) groups is 1. The lowest BCUT2D eigenvalue weighted by atomic mass is 10.1. The van der Waals surface area contributed by atoms with E-state index in [9.17, 15) is 10.1 Å². The molecule has 1 aromatic heterocycles. The smallest absolute Gasteiger partial charge is 0.306 e. The Morgan fingerprint density at radius 3 is 2.51 bits per heavy atom. The molecule has 2 heterocycles. The second-order valence-electron chi connectivity index (χ2n) is 10.4. The highest BCUT2D eigenvalue weighted by Gasteiger charge is 2.24. The van der Waals surface area contributed by atoms with Crippen LogP contribution in [0.4, 0.5) is 11.5 Å². The third-order valence-corrected chi connectivity index (χ3v) is 7.30. The second kappa shape index (κ2) is 12.9. The van der Waals surface area contributed by atoms with E-state index >= 15 is 0 Å². The van der Waals surface area contributed by atoms with Gasteiger partial charge in [0, 0.05) is 31.8 Å². The van der Waals surface area contributed by atoms with Crippen LogP contribution < -0.4 is 4.90 Å². The first-order valence-electron chi connectivity index (χ1n) is 12.9. The Labute approximate surface area is 225 Å². The van der Waals surface area contributed by atoms with Crippen LogP contribution in [0.15, 0.2) is 29.3 Å². The molecule has 0 atom stereocenters. The van der Waals surface area contributed by atoms with Crippen molar-refractivity contribution in [3.05, 3.63) is 57.9 Å². The molecule has 0 bridgehead atoms. The van der Waals surface area contributed by atoms with E-state index < -0.39 is 5.60 Å². The molecule has 0 unspecified atom stereocenters. The van der Waals surface area contributed by atoms with E-state index in [1.807, 2.05) is 39.8 Å². The van der Waals surface area contributed by atoms with Crippen LogP contribution >= 0.6 is 11.8 Å². The minimum Gasteiger partial charge on any atom is -0.460 e. The molecule has 1 aliphatic heterocycles. The molecule has 0 N–H and O–H groups in total. The van der Waals surface area contributed by atoms with Gasteiger partial charge >= 0.3 is 5.97 Å². The number of rotatable bonds is 8. The molecule has 196 valence electrons. The highest BCUT2D eigenvalue weighted by Crippen LogP contribution is 2.39. The van der Waals surface area contributed by atoms with Crippen molar-refractivity contribution in [1.82, 2.24) is 9.88 Å². The largest absolute Gasteiger partial charge is 0.460 e. The summed E-state index contributed by atoms with van der Waals surface area (Å²) in [7, 11) is 2.12. The van der Waals surface area contributed by atoms with Crippen molar-refractivity contribution in [2.75, 3.05) is 38.1 Å². The van der Waals surface area contributed by atoms with E-state index in [2.05, 4.69) is 39.9 Å². The van der Waals surface area contributed by atoms with Crippen molar-refractivity contribution in [1.29, 1.82) is 5.26 Å². The number of nitrogens with zero attached hydrogens (tertiary/aromatic N) is 5. The van der Waals surface area contributed by atoms with E-state index in [1.165, 1.54) is 0 Å². The van der Waals surface area contributed by atoms with Gasteiger partial charge in [-0.3, -0.25) is 4.79 Å². The first kappa shape index (κ1) is 28.5. The molecule has 0 saturated carbocycles. The average molecular weight is 520 g/mol. The fourth-order valence-electron chi connectivity index (χ4n) is 4.34. The van der Waals surface area contributed by atoms with Crippen LogP contribution in [0, 0.1) is 17.9 Å². The fourth-order valence-corrected chi connectivity index (χ4v) is 5.30. The normalized spacial score (nSPS) is 14.5. The number of hydrogen-bond donors (Lipinski definition) is 0. The minimum atomic E-state index is -0.470. The van der Waals surface area contributed by atoms with Crippen LogP contribution in [0.25, 0.3) is 4.85 Å². The molecule has 0 amide bonds. The molecule has 1 fully saturated rings. The maximum Gasteiger partial charge on any atom is 0.306 e. The summed E-state index contributed by atoms with van der Waals surface area (Å²) in [4.78, 5) is 25.3. The first-order chi connectivity index (χ1) is 17.6. The van der Waals surface area contributed by atoms with E-state index in [1.54, 1.807) is 11.8 Å². The number of carbonyl (C=O) groups excluding carboxylic acids is 1. The van der Waals surface area contributed by atoms with Gasteiger partial charge in [0.05, 0.1) is 12.1 Å². The van der Waals surface area contributed by atoms with E-state index in [0.717, 1.165) is 49.3 Å². The van der Waals surface area contributed by atoms with E-state index in [-0.39, 0.29) is 5.97 Å². The lowest BCUT2D eigenvalue weighted by molar-refractivity contribution is -0.154. The van der Waals surface area contributed by atoms with Crippen LogP contribution in [0.2, 0.25) is 0 Å². The number of aromatic nitrogens is 1. The van der Waals surface area contributed by atoms with Gasteiger partial charge in [-0.1, -0.05) is 31.2 Å². The topological polar surface area (TPSA) is 73.8 Å². The van der Waals surface area contributed by atoms with Gasteiger partial charge in [-0.15, -0.1) is 11.8 Å². The van der Waals surface area contributed by atoms with E-state index in [4.69, 9.17) is 16.3 Å². The van der Waals surface area contributed by atoms with E-state index in [0.29, 0.717) is 47.1 Å². The van der Waals surface area contributed by atoms with Crippen molar-refractivity contribution in [2.24, 2.45) is 0 Å². The Kier molecular flexibility index (Phi) is 9.97. The van der Waals surface area contributed by atoms with Crippen LogP contribution in [0.5, 0.6) is 0 Å². The molecule has 1 aliphatic rings. The number of hydrogen-bond acceptors (Lipinski definition) is 7. The summed E-state index contributed by atoms with van der Waals surface area (Å²) < 4.78 is 5.39. The van der Waals surface area contributed by atoms with Gasteiger partial charge in [0.1, 0.15) is 22.5 Å². The van der Waals surface area contributed by atoms with Crippen LogP contribution in [0.1, 0.15) is 62.8 Å². The third kappa shape index (κ3) is 7.95. The number of ether oxygens (including phenoxy) is 1. The Morgan fingerprint density at radius 2 is 1.89 bits per heavy atom. The summed E-state index contributed by atoms with van der Waals surface area (Å²) in [6.45, 7) is 19.1. The molecular weight excluding hydrogens is 482 g/mol. The van der Waals surface area contributed by atoms with Crippen molar-refractivity contribution < 1.29 is 9.53 Å². The second-order valence-corrected chi connectivity index (χ2v) is 11.3. The number of benzene rings is 1. The Bertz CT molecular complexity index is 1180.